The molecule has 26 heavy (non-hydrogen) atoms. The maximum atomic E-state index is 12.4. The molecule has 2 amide bonds. The van der Waals surface area contributed by atoms with Gasteiger partial charge in [-0.3, -0.25) is 14.9 Å². The highest BCUT2D eigenvalue weighted by molar-refractivity contribution is 5.94. The van der Waals surface area contributed by atoms with E-state index in [-0.39, 0.29) is 29.8 Å². The van der Waals surface area contributed by atoms with Crippen LogP contribution in [0.25, 0.3) is 0 Å². The number of carbonyl (C=O) groups excluding carboxylic acids is 2. The molecule has 5 heteroatoms. The van der Waals surface area contributed by atoms with Crippen LogP contribution in [0, 0.1) is 5.92 Å². The Morgan fingerprint density at radius 2 is 1.62 bits per heavy atom. The fourth-order valence-electron chi connectivity index (χ4n) is 3.56. The summed E-state index contributed by atoms with van der Waals surface area (Å²) < 4.78 is 0. The van der Waals surface area contributed by atoms with Gasteiger partial charge >= 0.3 is 0 Å². The molecule has 3 N–H and O–H groups in total. The van der Waals surface area contributed by atoms with E-state index in [1.54, 1.807) is 0 Å². The Labute approximate surface area is 156 Å². The lowest BCUT2D eigenvalue weighted by atomic mass is 9.95. The summed E-state index contributed by atoms with van der Waals surface area (Å²) in [6.45, 7) is 3.97. The summed E-state index contributed by atoms with van der Waals surface area (Å²) in [5, 5.41) is 9.50. The number of amides is 2. The number of nitrogens with one attached hydrogen (secondary N) is 3. The molecule has 2 aliphatic carbocycles. The van der Waals surface area contributed by atoms with E-state index in [9.17, 15) is 9.59 Å². The SMILES string of the molecule is C[C@@H](N[C@H](C)c1ccc(NC(=O)C2CC2)cc1)C(=O)NC1CCCCC1. The van der Waals surface area contributed by atoms with Crippen LogP contribution in [0.1, 0.15) is 70.4 Å². The number of hydrogen-bond donors (Lipinski definition) is 3. The topological polar surface area (TPSA) is 70.2 Å². The maximum absolute atomic E-state index is 12.4. The first kappa shape index (κ1) is 18.9. The molecule has 3 rings (SSSR count). The zero-order chi connectivity index (χ0) is 18.5. The first-order chi connectivity index (χ1) is 12.5. The maximum Gasteiger partial charge on any atom is 0.237 e. The quantitative estimate of drug-likeness (QED) is 0.699. The molecule has 2 fully saturated rings. The second kappa shape index (κ2) is 8.67. The van der Waals surface area contributed by atoms with Crippen molar-refractivity contribution in [3.05, 3.63) is 29.8 Å². The minimum absolute atomic E-state index is 0.0651. The van der Waals surface area contributed by atoms with Gasteiger partial charge in [-0.05, 0) is 57.2 Å². The van der Waals surface area contributed by atoms with E-state index < -0.39 is 0 Å². The third-order valence-electron chi connectivity index (χ3n) is 5.47. The van der Waals surface area contributed by atoms with Gasteiger partial charge in [-0.1, -0.05) is 31.4 Å². The fourth-order valence-corrected chi connectivity index (χ4v) is 3.56. The number of carbonyl (C=O) groups is 2. The highest BCUT2D eigenvalue weighted by atomic mass is 16.2. The molecule has 5 nitrogen and oxygen atoms in total. The van der Waals surface area contributed by atoms with Crippen LogP contribution >= 0.6 is 0 Å². The summed E-state index contributed by atoms with van der Waals surface area (Å²) in [5.41, 5.74) is 1.94. The second-order valence-corrected chi connectivity index (χ2v) is 7.84. The Morgan fingerprint density at radius 1 is 0.962 bits per heavy atom. The Hall–Kier alpha value is -1.88. The number of rotatable bonds is 7. The van der Waals surface area contributed by atoms with Crippen LogP contribution < -0.4 is 16.0 Å². The predicted molar refractivity (Wildman–Crippen MR) is 104 cm³/mol. The first-order valence-corrected chi connectivity index (χ1v) is 10.00. The average molecular weight is 357 g/mol. The van der Waals surface area contributed by atoms with Crippen molar-refractivity contribution < 1.29 is 9.59 Å². The molecule has 2 atom stereocenters. The van der Waals surface area contributed by atoms with Crippen molar-refractivity contribution in [1.82, 2.24) is 10.6 Å². The Morgan fingerprint density at radius 3 is 2.23 bits per heavy atom. The summed E-state index contributed by atoms with van der Waals surface area (Å²) in [7, 11) is 0. The molecule has 0 saturated heterocycles. The number of benzene rings is 1. The predicted octanol–water partition coefficient (Wildman–Crippen LogP) is 3.52. The lowest BCUT2D eigenvalue weighted by Gasteiger charge is -2.26. The van der Waals surface area contributed by atoms with Gasteiger partial charge in [0.05, 0.1) is 6.04 Å². The van der Waals surface area contributed by atoms with E-state index in [0.717, 1.165) is 36.9 Å². The van der Waals surface area contributed by atoms with Crippen molar-refractivity contribution in [1.29, 1.82) is 0 Å². The standard InChI is InChI=1S/C21H31N3O2/c1-14(22-15(2)20(25)23-18-6-4-3-5-7-18)16-10-12-19(13-11-16)24-21(26)17-8-9-17/h10-15,17-18,22H,3-9H2,1-2H3,(H,23,25)(H,24,26)/t14-,15-/m1/s1. The van der Waals surface area contributed by atoms with Crippen LogP contribution in [0.3, 0.4) is 0 Å². The Kier molecular flexibility index (Phi) is 6.30. The van der Waals surface area contributed by atoms with Crippen LogP contribution in [0.2, 0.25) is 0 Å². The highest BCUT2D eigenvalue weighted by Gasteiger charge is 2.29. The molecule has 142 valence electrons. The summed E-state index contributed by atoms with van der Waals surface area (Å²) >= 11 is 0. The van der Waals surface area contributed by atoms with Crippen molar-refractivity contribution in [3.63, 3.8) is 0 Å². The van der Waals surface area contributed by atoms with Crippen molar-refractivity contribution >= 4 is 17.5 Å². The lowest BCUT2D eigenvalue weighted by molar-refractivity contribution is -0.124. The van der Waals surface area contributed by atoms with Crippen molar-refractivity contribution in [3.8, 4) is 0 Å². The molecule has 2 aliphatic rings. The molecule has 0 aliphatic heterocycles. The van der Waals surface area contributed by atoms with E-state index in [2.05, 4.69) is 22.9 Å². The molecule has 1 aromatic carbocycles. The molecule has 0 aromatic heterocycles. The third kappa shape index (κ3) is 5.31. The minimum Gasteiger partial charge on any atom is -0.352 e. The summed E-state index contributed by atoms with van der Waals surface area (Å²) in [5.74, 6) is 0.410. The van der Waals surface area contributed by atoms with E-state index in [1.807, 2.05) is 31.2 Å². The molecule has 0 spiro atoms. The largest absolute Gasteiger partial charge is 0.352 e. The summed E-state index contributed by atoms with van der Waals surface area (Å²) in [6, 6.07) is 8.04. The number of hydrogen-bond acceptors (Lipinski definition) is 3. The highest BCUT2D eigenvalue weighted by Crippen LogP contribution is 2.30. The average Bonchev–Trinajstić information content (AvgIpc) is 3.48. The molecular weight excluding hydrogens is 326 g/mol. The Bertz CT molecular complexity index is 619. The Balaban J connectivity index is 1.47. The summed E-state index contributed by atoms with van der Waals surface area (Å²) in [4.78, 5) is 24.2. The monoisotopic (exact) mass is 357 g/mol. The van der Waals surface area contributed by atoms with E-state index in [4.69, 9.17) is 0 Å². The van der Waals surface area contributed by atoms with Crippen LogP contribution in [-0.2, 0) is 9.59 Å². The molecule has 1 aromatic rings. The van der Waals surface area contributed by atoms with Crippen LogP contribution in [-0.4, -0.2) is 23.9 Å². The molecular formula is C21H31N3O2. The van der Waals surface area contributed by atoms with Gasteiger partial charge in [0.25, 0.3) is 0 Å². The molecule has 0 heterocycles. The molecule has 0 unspecified atom stereocenters. The third-order valence-corrected chi connectivity index (χ3v) is 5.47. The first-order valence-electron chi connectivity index (χ1n) is 10.00. The van der Waals surface area contributed by atoms with Gasteiger partial charge in [-0.2, -0.15) is 0 Å². The van der Waals surface area contributed by atoms with Crippen LogP contribution in [0.5, 0.6) is 0 Å². The van der Waals surface area contributed by atoms with Gasteiger partial charge in [0.1, 0.15) is 0 Å². The molecule has 0 radical (unpaired) electrons. The fraction of sp³-hybridized carbons (Fsp3) is 0.619. The zero-order valence-electron chi connectivity index (χ0n) is 15.9. The summed E-state index contributed by atoms with van der Waals surface area (Å²) in [6.07, 6.45) is 7.93. The van der Waals surface area contributed by atoms with E-state index in [0.29, 0.717) is 6.04 Å². The molecule has 2 saturated carbocycles. The number of anilines is 1. The van der Waals surface area contributed by atoms with Crippen LogP contribution in [0.15, 0.2) is 24.3 Å². The van der Waals surface area contributed by atoms with Gasteiger partial charge in [0.2, 0.25) is 11.8 Å². The minimum atomic E-state index is -0.235. The van der Waals surface area contributed by atoms with Gasteiger partial charge in [0, 0.05) is 23.7 Å². The van der Waals surface area contributed by atoms with Gasteiger partial charge in [0.15, 0.2) is 0 Å². The smallest absolute Gasteiger partial charge is 0.237 e. The van der Waals surface area contributed by atoms with E-state index >= 15 is 0 Å². The van der Waals surface area contributed by atoms with Crippen molar-refractivity contribution in [2.24, 2.45) is 5.92 Å². The van der Waals surface area contributed by atoms with Crippen molar-refractivity contribution in [2.45, 2.75) is 76.9 Å². The lowest BCUT2D eigenvalue weighted by Crippen LogP contribution is -2.47. The van der Waals surface area contributed by atoms with Crippen LogP contribution in [0.4, 0.5) is 5.69 Å². The van der Waals surface area contributed by atoms with Gasteiger partial charge in [-0.25, -0.2) is 0 Å². The van der Waals surface area contributed by atoms with Crippen molar-refractivity contribution in [2.75, 3.05) is 5.32 Å². The van der Waals surface area contributed by atoms with Gasteiger partial charge in [-0.15, -0.1) is 0 Å². The zero-order valence-corrected chi connectivity index (χ0v) is 15.9. The normalized spacial score (nSPS) is 20.2. The molecule has 0 bridgehead atoms. The second-order valence-electron chi connectivity index (χ2n) is 7.84. The van der Waals surface area contributed by atoms with E-state index in [1.165, 1.54) is 19.3 Å². The van der Waals surface area contributed by atoms with Gasteiger partial charge < -0.3 is 10.6 Å².